The first-order valence-electron chi connectivity index (χ1n) is 12.9. The van der Waals surface area contributed by atoms with Gasteiger partial charge >= 0.3 is 0 Å². The van der Waals surface area contributed by atoms with Gasteiger partial charge in [0.25, 0.3) is 5.91 Å². The Bertz CT molecular complexity index is 1560. The van der Waals surface area contributed by atoms with Gasteiger partial charge in [-0.2, -0.15) is 4.68 Å². The van der Waals surface area contributed by atoms with Crippen LogP contribution in [-0.4, -0.2) is 32.7 Å². The van der Waals surface area contributed by atoms with Crippen LogP contribution in [0.4, 0.5) is 11.6 Å². The van der Waals surface area contributed by atoms with Crippen molar-refractivity contribution in [2.45, 2.75) is 47.3 Å². The number of amides is 1. The number of tetrazole rings is 1. The molecule has 9 nitrogen and oxygen atoms in total. The van der Waals surface area contributed by atoms with Crippen LogP contribution in [0.15, 0.2) is 71.9 Å². The molecule has 1 aromatic heterocycles. The molecule has 5 rings (SSSR count). The van der Waals surface area contributed by atoms with Gasteiger partial charge in [0.1, 0.15) is 12.6 Å². The molecule has 0 spiro atoms. The average Bonchev–Trinajstić information content (AvgIpc) is 3.37. The van der Waals surface area contributed by atoms with Crippen LogP contribution in [0.25, 0.3) is 0 Å². The Morgan fingerprint density at radius 1 is 0.974 bits per heavy atom. The van der Waals surface area contributed by atoms with Gasteiger partial charge in [0.15, 0.2) is 11.5 Å². The minimum atomic E-state index is -0.577. The topological polar surface area (TPSA) is 103 Å². The summed E-state index contributed by atoms with van der Waals surface area (Å²) in [6.07, 6.45) is 0. The highest BCUT2D eigenvalue weighted by molar-refractivity contribution is 6.06. The van der Waals surface area contributed by atoms with Gasteiger partial charge in [-0.25, -0.2) is 0 Å². The molecule has 1 atom stereocenters. The molecule has 1 aliphatic heterocycles. The lowest BCUT2D eigenvalue weighted by atomic mass is 9.94. The van der Waals surface area contributed by atoms with Crippen molar-refractivity contribution < 1.29 is 14.3 Å². The summed E-state index contributed by atoms with van der Waals surface area (Å²) in [6, 6.07) is 19.2. The molecule has 3 aromatic carbocycles. The molecule has 39 heavy (non-hydrogen) atoms. The van der Waals surface area contributed by atoms with Crippen LogP contribution in [0.2, 0.25) is 0 Å². The molecule has 9 heteroatoms. The maximum Gasteiger partial charge on any atom is 0.255 e. The van der Waals surface area contributed by atoms with Crippen molar-refractivity contribution in [2.75, 3.05) is 17.2 Å². The third-order valence-corrected chi connectivity index (χ3v) is 6.65. The Labute approximate surface area is 227 Å². The van der Waals surface area contributed by atoms with Gasteiger partial charge in [0.2, 0.25) is 5.95 Å². The van der Waals surface area contributed by atoms with E-state index in [9.17, 15) is 4.79 Å². The van der Waals surface area contributed by atoms with Crippen molar-refractivity contribution in [3.8, 4) is 11.5 Å². The van der Waals surface area contributed by atoms with Crippen LogP contribution in [0.1, 0.15) is 47.7 Å². The zero-order valence-electron chi connectivity index (χ0n) is 22.8. The number of hydrogen-bond donors (Lipinski definition) is 2. The standard InChI is InChI=1S/C30H32N6O3/c1-6-38-26-16-23(11-13-25(26)39-17-22-9-7-8-18(2)15-22)28-27(21(5)31-30-33-34-35-36(28)30)29(37)32-24-12-10-19(3)14-20(24)4/h7-16,28H,6,17H2,1-5H3,(H,32,37)(H,31,33,35). The number of carbonyl (C=O) groups is 1. The van der Waals surface area contributed by atoms with Crippen LogP contribution < -0.4 is 20.1 Å². The Hall–Kier alpha value is -4.66. The number of allylic oxidation sites excluding steroid dienone is 1. The fourth-order valence-corrected chi connectivity index (χ4v) is 4.80. The summed E-state index contributed by atoms with van der Waals surface area (Å²) in [7, 11) is 0. The number of fused-ring (bicyclic) bond motifs is 1. The van der Waals surface area contributed by atoms with Gasteiger partial charge in [-0.15, -0.1) is 0 Å². The quantitative estimate of drug-likeness (QED) is 0.314. The number of nitrogens with zero attached hydrogens (tertiary/aromatic N) is 4. The van der Waals surface area contributed by atoms with Gasteiger partial charge in [-0.3, -0.25) is 4.79 Å². The van der Waals surface area contributed by atoms with E-state index in [1.54, 1.807) is 4.68 Å². The van der Waals surface area contributed by atoms with Crippen LogP contribution in [0.3, 0.4) is 0 Å². The van der Waals surface area contributed by atoms with Crippen molar-refractivity contribution in [1.82, 2.24) is 20.2 Å². The lowest BCUT2D eigenvalue weighted by molar-refractivity contribution is -0.113. The molecule has 0 radical (unpaired) electrons. The van der Waals surface area contributed by atoms with E-state index in [1.807, 2.05) is 76.2 Å². The Balaban J connectivity index is 1.49. The number of carbonyl (C=O) groups excluding carboxylic acids is 1. The van der Waals surface area contributed by atoms with Crippen LogP contribution >= 0.6 is 0 Å². The largest absolute Gasteiger partial charge is 0.490 e. The molecule has 2 N–H and O–H groups in total. The van der Waals surface area contributed by atoms with Crippen LogP contribution in [0.5, 0.6) is 11.5 Å². The van der Waals surface area contributed by atoms with Crippen molar-refractivity contribution in [2.24, 2.45) is 0 Å². The first-order valence-corrected chi connectivity index (χ1v) is 12.9. The summed E-state index contributed by atoms with van der Waals surface area (Å²) in [5, 5.41) is 18.4. The average molecular weight is 525 g/mol. The van der Waals surface area contributed by atoms with Crippen molar-refractivity contribution in [3.05, 3.63) is 99.8 Å². The van der Waals surface area contributed by atoms with E-state index >= 15 is 0 Å². The summed E-state index contributed by atoms with van der Waals surface area (Å²) in [6.45, 7) is 10.7. The molecule has 200 valence electrons. The fourth-order valence-electron chi connectivity index (χ4n) is 4.80. The van der Waals surface area contributed by atoms with Gasteiger partial charge in [0, 0.05) is 11.4 Å². The first-order chi connectivity index (χ1) is 18.8. The monoisotopic (exact) mass is 524 g/mol. The third kappa shape index (κ3) is 5.47. The molecule has 1 unspecified atom stereocenters. The number of aryl methyl sites for hydroxylation is 3. The van der Waals surface area contributed by atoms with Gasteiger partial charge < -0.3 is 20.1 Å². The van der Waals surface area contributed by atoms with Gasteiger partial charge in [-0.05, 0) is 79.9 Å². The Morgan fingerprint density at radius 3 is 2.56 bits per heavy atom. The van der Waals surface area contributed by atoms with Crippen LogP contribution in [-0.2, 0) is 11.4 Å². The number of nitrogens with one attached hydrogen (secondary N) is 2. The second-order valence-electron chi connectivity index (χ2n) is 9.70. The summed E-state index contributed by atoms with van der Waals surface area (Å²) in [5.74, 6) is 1.42. The smallest absolute Gasteiger partial charge is 0.255 e. The maximum absolute atomic E-state index is 13.7. The molecular weight excluding hydrogens is 492 g/mol. The number of aromatic nitrogens is 4. The number of hydrogen-bond acceptors (Lipinski definition) is 7. The van der Waals surface area contributed by atoms with E-state index in [1.165, 1.54) is 5.56 Å². The molecule has 0 aliphatic carbocycles. The second kappa shape index (κ2) is 11.0. The Morgan fingerprint density at radius 2 is 1.79 bits per heavy atom. The fraction of sp³-hybridized carbons (Fsp3) is 0.267. The van der Waals surface area contributed by atoms with E-state index in [-0.39, 0.29) is 5.91 Å². The second-order valence-corrected chi connectivity index (χ2v) is 9.70. The molecule has 0 saturated carbocycles. The number of benzene rings is 3. The molecule has 4 aromatic rings. The minimum absolute atomic E-state index is 0.240. The maximum atomic E-state index is 13.7. The van der Waals surface area contributed by atoms with E-state index < -0.39 is 6.04 Å². The highest BCUT2D eigenvalue weighted by atomic mass is 16.5. The van der Waals surface area contributed by atoms with Gasteiger partial charge in [0.05, 0.1) is 12.2 Å². The minimum Gasteiger partial charge on any atom is -0.490 e. The number of ether oxygens (including phenoxy) is 2. The summed E-state index contributed by atoms with van der Waals surface area (Å²) in [4.78, 5) is 13.7. The number of anilines is 2. The van der Waals surface area contributed by atoms with E-state index in [0.717, 1.165) is 27.9 Å². The lowest BCUT2D eigenvalue weighted by Gasteiger charge is -2.28. The van der Waals surface area contributed by atoms with E-state index in [0.29, 0.717) is 41.9 Å². The molecule has 2 heterocycles. The zero-order chi connectivity index (χ0) is 27.5. The molecule has 0 fully saturated rings. The van der Waals surface area contributed by atoms with E-state index in [4.69, 9.17) is 9.47 Å². The normalized spacial score (nSPS) is 14.4. The predicted molar refractivity (Wildman–Crippen MR) is 150 cm³/mol. The lowest BCUT2D eigenvalue weighted by Crippen LogP contribution is -2.31. The number of rotatable bonds is 8. The molecule has 1 aliphatic rings. The van der Waals surface area contributed by atoms with Crippen molar-refractivity contribution >= 4 is 17.5 Å². The molecule has 1 amide bonds. The Kier molecular flexibility index (Phi) is 7.31. The highest BCUT2D eigenvalue weighted by Crippen LogP contribution is 2.39. The van der Waals surface area contributed by atoms with Gasteiger partial charge in [-0.1, -0.05) is 58.7 Å². The summed E-state index contributed by atoms with van der Waals surface area (Å²) >= 11 is 0. The summed E-state index contributed by atoms with van der Waals surface area (Å²) in [5.41, 5.74) is 7.08. The third-order valence-electron chi connectivity index (χ3n) is 6.65. The molecule has 0 bridgehead atoms. The van der Waals surface area contributed by atoms with E-state index in [2.05, 4.69) is 45.2 Å². The van der Waals surface area contributed by atoms with Crippen molar-refractivity contribution in [3.63, 3.8) is 0 Å². The zero-order valence-corrected chi connectivity index (χ0v) is 22.8. The first kappa shape index (κ1) is 26.0. The van der Waals surface area contributed by atoms with Crippen LogP contribution in [0, 0.1) is 20.8 Å². The summed E-state index contributed by atoms with van der Waals surface area (Å²) < 4.78 is 13.7. The SMILES string of the molecule is CCOc1cc(C2C(C(=O)Nc3ccc(C)cc3C)=C(C)Nc3nnnn32)ccc1OCc1cccc(C)c1. The molecule has 0 saturated heterocycles. The van der Waals surface area contributed by atoms with Crippen molar-refractivity contribution in [1.29, 1.82) is 0 Å². The molecular formula is C30H32N6O3. The predicted octanol–water partition coefficient (Wildman–Crippen LogP) is 5.50. The highest BCUT2D eigenvalue weighted by Gasteiger charge is 2.34.